The van der Waals surface area contributed by atoms with Gasteiger partial charge in [0.05, 0.1) is 14.2 Å². The Morgan fingerprint density at radius 3 is 2.53 bits per heavy atom. The number of hydrogen-bond donors (Lipinski definition) is 1. The lowest BCUT2D eigenvalue weighted by atomic mass is 10.1. The highest BCUT2D eigenvalue weighted by atomic mass is 16.5. The van der Waals surface area contributed by atoms with Crippen LogP contribution in [0.1, 0.15) is 12.5 Å². The van der Waals surface area contributed by atoms with Crippen molar-refractivity contribution in [3.63, 3.8) is 0 Å². The molecule has 0 saturated heterocycles. The van der Waals surface area contributed by atoms with Crippen LogP contribution in [0.3, 0.4) is 0 Å². The maximum Gasteiger partial charge on any atom is 0.333 e. The van der Waals surface area contributed by atoms with Crippen LogP contribution in [0.5, 0.6) is 5.75 Å². The Morgan fingerprint density at radius 2 is 1.95 bits per heavy atom. The number of nitrogens with one attached hydrogen (secondary N) is 1. The van der Waals surface area contributed by atoms with Crippen molar-refractivity contribution in [2.75, 3.05) is 27.3 Å². The number of carbonyl (C=O) groups excluding carboxylic acids is 1. The van der Waals surface area contributed by atoms with Crippen molar-refractivity contribution in [1.29, 1.82) is 0 Å². The maximum absolute atomic E-state index is 11.1. The molecule has 104 valence electrons. The van der Waals surface area contributed by atoms with E-state index in [1.807, 2.05) is 18.2 Å². The summed E-state index contributed by atoms with van der Waals surface area (Å²) in [4.78, 5) is 11.1. The van der Waals surface area contributed by atoms with E-state index in [0.29, 0.717) is 12.1 Å². The van der Waals surface area contributed by atoms with E-state index >= 15 is 0 Å². The van der Waals surface area contributed by atoms with Gasteiger partial charge in [-0.2, -0.15) is 0 Å². The molecule has 0 aliphatic carbocycles. The molecule has 0 fully saturated rings. The van der Waals surface area contributed by atoms with Crippen molar-refractivity contribution in [1.82, 2.24) is 5.32 Å². The van der Waals surface area contributed by atoms with E-state index in [0.717, 1.165) is 18.7 Å². The second kappa shape index (κ2) is 8.32. The van der Waals surface area contributed by atoms with Gasteiger partial charge in [0, 0.05) is 12.1 Å². The minimum absolute atomic E-state index is 0.281. The topological polar surface area (TPSA) is 47.6 Å². The van der Waals surface area contributed by atoms with Crippen LogP contribution in [-0.4, -0.2) is 33.3 Å². The fourth-order valence-electron chi connectivity index (χ4n) is 1.60. The highest BCUT2D eigenvalue weighted by Gasteiger charge is 2.01. The molecule has 19 heavy (non-hydrogen) atoms. The molecule has 1 aromatic rings. The zero-order valence-electron chi connectivity index (χ0n) is 11.7. The molecule has 0 radical (unpaired) electrons. The quantitative estimate of drug-likeness (QED) is 0.464. The molecule has 4 nitrogen and oxygen atoms in total. The second-order valence-electron chi connectivity index (χ2n) is 4.18. The highest BCUT2D eigenvalue weighted by molar-refractivity contribution is 5.87. The van der Waals surface area contributed by atoms with Gasteiger partial charge in [0.1, 0.15) is 5.75 Å². The summed E-state index contributed by atoms with van der Waals surface area (Å²) >= 11 is 0. The summed E-state index contributed by atoms with van der Waals surface area (Å²) < 4.78 is 9.72. The van der Waals surface area contributed by atoms with Gasteiger partial charge < -0.3 is 14.8 Å². The zero-order chi connectivity index (χ0) is 14.1. The lowest BCUT2D eigenvalue weighted by molar-refractivity contribution is -0.136. The number of rotatable bonds is 7. The van der Waals surface area contributed by atoms with Crippen LogP contribution in [0.4, 0.5) is 0 Å². The first-order valence-electron chi connectivity index (χ1n) is 6.26. The molecule has 0 bridgehead atoms. The third-order valence-electron chi connectivity index (χ3n) is 2.81. The van der Waals surface area contributed by atoms with E-state index in [9.17, 15) is 4.79 Å². The average Bonchev–Trinajstić information content (AvgIpc) is 2.46. The first kappa shape index (κ1) is 15.2. The molecule has 0 aromatic heterocycles. The summed E-state index contributed by atoms with van der Waals surface area (Å²) in [6, 6.07) is 8.01. The van der Waals surface area contributed by atoms with Crippen LogP contribution in [0, 0.1) is 0 Å². The Balaban J connectivity index is 2.25. The SMILES string of the molecule is COC(=O)/C(C)=C/CNCCc1ccc(OC)cc1. The van der Waals surface area contributed by atoms with Crippen LogP contribution >= 0.6 is 0 Å². The Morgan fingerprint density at radius 1 is 1.26 bits per heavy atom. The standard InChI is InChI=1S/C15H21NO3/c1-12(15(17)19-3)8-10-16-11-9-13-4-6-14(18-2)7-5-13/h4-8,16H,9-11H2,1-3H3/b12-8+. The number of benzene rings is 1. The first-order chi connectivity index (χ1) is 9.17. The summed E-state index contributed by atoms with van der Waals surface area (Å²) in [7, 11) is 3.04. The molecule has 0 aliphatic rings. The van der Waals surface area contributed by atoms with Gasteiger partial charge in [-0.05, 0) is 37.6 Å². The van der Waals surface area contributed by atoms with E-state index in [4.69, 9.17) is 4.74 Å². The number of hydrogen-bond acceptors (Lipinski definition) is 4. The normalized spacial score (nSPS) is 11.2. The molecule has 1 rings (SSSR count). The average molecular weight is 263 g/mol. The minimum atomic E-state index is -0.281. The maximum atomic E-state index is 11.1. The van der Waals surface area contributed by atoms with Crippen molar-refractivity contribution in [3.05, 3.63) is 41.5 Å². The molecule has 0 spiro atoms. The zero-order valence-corrected chi connectivity index (χ0v) is 11.7. The van der Waals surface area contributed by atoms with Crippen molar-refractivity contribution in [3.8, 4) is 5.75 Å². The minimum Gasteiger partial charge on any atom is -0.497 e. The summed E-state index contributed by atoms with van der Waals surface area (Å²) in [5.74, 6) is 0.588. The van der Waals surface area contributed by atoms with E-state index in [-0.39, 0.29) is 5.97 Å². The van der Waals surface area contributed by atoms with Gasteiger partial charge in [-0.3, -0.25) is 0 Å². The Labute approximate surface area is 114 Å². The third-order valence-corrected chi connectivity index (χ3v) is 2.81. The van der Waals surface area contributed by atoms with Crippen LogP contribution in [0.15, 0.2) is 35.9 Å². The van der Waals surface area contributed by atoms with E-state index in [1.54, 1.807) is 14.0 Å². The molecule has 1 N–H and O–H groups in total. The van der Waals surface area contributed by atoms with E-state index in [2.05, 4.69) is 22.2 Å². The van der Waals surface area contributed by atoms with Crippen LogP contribution in [0.25, 0.3) is 0 Å². The van der Waals surface area contributed by atoms with Crippen molar-refractivity contribution in [2.24, 2.45) is 0 Å². The molecule has 0 heterocycles. The summed E-state index contributed by atoms with van der Waals surface area (Å²) in [6.45, 7) is 3.27. The molecule has 4 heteroatoms. The fourth-order valence-corrected chi connectivity index (χ4v) is 1.60. The van der Waals surface area contributed by atoms with E-state index < -0.39 is 0 Å². The molecule has 0 amide bonds. The molecule has 0 saturated carbocycles. The van der Waals surface area contributed by atoms with Gasteiger partial charge >= 0.3 is 5.97 Å². The molecule has 0 unspecified atom stereocenters. The van der Waals surface area contributed by atoms with Crippen LogP contribution in [0.2, 0.25) is 0 Å². The van der Waals surface area contributed by atoms with Gasteiger partial charge in [-0.25, -0.2) is 4.79 Å². The first-order valence-corrected chi connectivity index (χ1v) is 6.26. The van der Waals surface area contributed by atoms with Gasteiger partial charge in [0.15, 0.2) is 0 Å². The van der Waals surface area contributed by atoms with Gasteiger partial charge in [-0.15, -0.1) is 0 Å². The van der Waals surface area contributed by atoms with Crippen LogP contribution in [-0.2, 0) is 16.0 Å². The predicted molar refractivity (Wildman–Crippen MR) is 75.3 cm³/mol. The predicted octanol–water partition coefficient (Wildman–Crippen LogP) is 1.95. The summed E-state index contributed by atoms with van der Waals surface area (Å²) in [6.07, 6.45) is 2.77. The second-order valence-corrected chi connectivity index (χ2v) is 4.18. The van der Waals surface area contributed by atoms with Crippen molar-refractivity contribution in [2.45, 2.75) is 13.3 Å². The number of esters is 1. The largest absolute Gasteiger partial charge is 0.497 e. The Hall–Kier alpha value is -1.81. The van der Waals surface area contributed by atoms with Gasteiger partial charge in [0.25, 0.3) is 0 Å². The molecule has 0 atom stereocenters. The van der Waals surface area contributed by atoms with Crippen molar-refractivity contribution < 1.29 is 14.3 Å². The van der Waals surface area contributed by atoms with Gasteiger partial charge in [0.2, 0.25) is 0 Å². The Kier molecular flexibility index (Phi) is 6.68. The number of methoxy groups -OCH3 is 2. The summed E-state index contributed by atoms with van der Waals surface area (Å²) in [5, 5.41) is 3.26. The lowest BCUT2D eigenvalue weighted by Gasteiger charge is -2.04. The van der Waals surface area contributed by atoms with E-state index in [1.165, 1.54) is 12.7 Å². The fraction of sp³-hybridized carbons (Fsp3) is 0.400. The molecule has 0 aliphatic heterocycles. The molecule has 1 aromatic carbocycles. The highest BCUT2D eigenvalue weighted by Crippen LogP contribution is 2.11. The van der Waals surface area contributed by atoms with Crippen molar-refractivity contribution >= 4 is 5.97 Å². The Bertz CT molecular complexity index is 424. The summed E-state index contributed by atoms with van der Waals surface area (Å²) in [5.41, 5.74) is 1.88. The molecular weight excluding hydrogens is 242 g/mol. The molecular formula is C15H21NO3. The monoisotopic (exact) mass is 263 g/mol. The van der Waals surface area contributed by atoms with Gasteiger partial charge in [-0.1, -0.05) is 18.2 Å². The lowest BCUT2D eigenvalue weighted by Crippen LogP contribution is -2.18. The van der Waals surface area contributed by atoms with Crippen LogP contribution < -0.4 is 10.1 Å². The number of carbonyl (C=O) groups is 1. The smallest absolute Gasteiger partial charge is 0.333 e. The third kappa shape index (κ3) is 5.57. The number of ether oxygens (including phenoxy) is 2.